The van der Waals surface area contributed by atoms with E-state index in [1.54, 1.807) is 29.5 Å². The molecule has 6 heteroatoms. The summed E-state index contributed by atoms with van der Waals surface area (Å²) in [7, 11) is 4.01. The number of likely N-dealkylation sites (N-methyl/N-ethyl adjacent to an activating group) is 1. The minimum absolute atomic E-state index is 0.173. The highest BCUT2D eigenvalue weighted by Gasteiger charge is 2.15. The Bertz CT molecular complexity index is 614. The number of urea groups is 1. The van der Waals surface area contributed by atoms with E-state index in [0.717, 1.165) is 5.56 Å². The monoisotopic (exact) mass is 333 g/mol. The van der Waals surface area contributed by atoms with Crippen molar-refractivity contribution in [3.63, 3.8) is 0 Å². The molecule has 3 N–H and O–H groups in total. The zero-order valence-corrected chi connectivity index (χ0v) is 14.3. The summed E-state index contributed by atoms with van der Waals surface area (Å²) in [6, 6.07) is 11.2. The van der Waals surface area contributed by atoms with Crippen molar-refractivity contribution in [2.75, 3.05) is 27.2 Å². The lowest BCUT2D eigenvalue weighted by Crippen LogP contribution is -2.41. The molecule has 1 heterocycles. The number of aromatic hydroxyl groups is 1. The summed E-state index contributed by atoms with van der Waals surface area (Å²) in [5.41, 5.74) is 0.995. The number of amides is 2. The molecule has 5 nitrogen and oxygen atoms in total. The van der Waals surface area contributed by atoms with Crippen molar-refractivity contribution in [3.05, 3.63) is 52.2 Å². The minimum atomic E-state index is -0.173. The first kappa shape index (κ1) is 17.3. The summed E-state index contributed by atoms with van der Waals surface area (Å²) in [5.74, 6) is 0.247. The highest BCUT2D eigenvalue weighted by Crippen LogP contribution is 2.22. The Hall–Kier alpha value is -2.05. The van der Waals surface area contributed by atoms with E-state index >= 15 is 0 Å². The summed E-state index contributed by atoms with van der Waals surface area (Å²) >= 11 is 1.69. The van der Waals surface area contributed by atoms with Crippen molar-refractivity contribution in [3.8, 4) is 5.75 Å². The molecule has 124 valence electrons. The van der Waals surface area contributed by atoms with Crippen LogP contribution in [0, 0.1) is 0 Å². The highest BCUT2D eigenvalue weighted by molar-refractivity contribution is 7.10. The molecule has 0 aliphatic carbocycles. The second-order valence-corrected chi connectivity index (χ2v) is 6.53. The van der Waals surface area contributed by atoms with Crippen molar-refractivity contribution in [2.45, 2.75) is 12.5 Å². The Morgan fingerprint density at radius 1 is 1.26 bits per heavy atom. The molecular formula is C17H23N3O2S. The normalized spacial score (nSPS) is 12.1. The Labute approximate surface area is 140 Å². The molecular weight excluding hydrogens is 310 g/mol. The lowest BCUT2D eigenvalue weighted by molar-refractivity contribution is 0.233. The summed E-state index contributed by atoms with van der Waals surface area (Å²) in [4.78, 5) is 15.2. The van der Waals surface area contributed by atoms with E-state index in [-0.39, 0.29) is 17.8 Å². The van der Waals surface area contributed by atoms with Gasteiger partial charge in [0.2, 0.25) is 0 Å². The number of benzene rings is 1. The second-order valence-electron chi connectivity index (χ2n) is 5.55. The van der Waals surface area contributed by atoms with E-state index in [1.165, 1.54) is 4.88 Å². The smallest absolute Gasteiger partial charge is 0.314 e. The van der Waals surface area contributed by atoms with Gasteiger partial charge in [0.25, 0.3) is 0 Å². The van der Waals surface area contributed by atoms with Crippen molar-refractivity contribution < 1.29 is 9.90 Å². The number of phenols is 1. The number of phenolic OH excluding ortho intramolecular Hbond substituents is 1. The molecule has 0 bridgehead atoms. The maximum absolute atomic E-state index is 11.9. The fourth-order valence-electron chi connectivity index (χ4n) is 2.30. The molecule has 0 aliphatic rings. The van der Waals surface area contributed by atoms with E-state index in [1.807, 2.05) is 31.6 Å². The van der Waals surface area contributed by atoms with E-state index in [0.29, 0.717) is 19.5 Å². The van der Waals surface area contributed by atoms with Gasteiger partial charge in [-0.25, -0.2) is 4.79 Å². The van der Waals surface area contributed by atoms with Gasteiger partial charge in [0.05, 0.1) is 6.04 Å². The number of carbonyl (C=O) groups is 1. The third-order valence-electron chi connectivity index (χ3n) is 3.56. The van der Waals surface area contributed by atoms with Crippen molar-refractivity contribution in [1.29, 1.82) is 0 Å². The molecule has 2 aromatic rings. The number of hydrogen-bond acceptors (Lipinski definition) is 4. The van der Waals surface area contributed by atoms with Gasteiger partial charge in [-0.2, -0.15) is 0 Å². The fourth-order valence-corrected chi connectivity index (χ4v) is 3.23. The van der Waals surface area contributed by atoms with Gasteiger partial charge in [-0.1, -0.05) is 18.2 Å². The first-order valence-electron chi connectivity index (χ1n) is 7.55. The Morgan fingerprint density at radius 2 is 2.09 bits per heavy atom. The molecule has 0 saturated heterocycles. The molecule has 1 atom stereocenters. The van der Waals surface area contributed by atoms with Crippen molar-refractivity contribution >= 4 is 17.4 Å². The van der Waals surface area contributed by atoms with Crippen LogP contribution >= 0.6 is 11.3 Å². The number of carbonyl (C=O) groups excluding carboxylic acids is 1. The molecule has 0 spiro atoms. The Kier molecular flexibility index (Phi) is 6.43. The predicted molar refractivity (Wildman–Crippen MR) is 94.0 cm³/mol. The first-order valence-corrected chi connectivity index (χ1v) is 8.43. The van der Waals surface area contributed by atoms with Crippen LogP contribution in [0.5, 0.6) is 5.75 Å². The maximum atomic E-state index is 11.9. The predicted octanol–water partition coefficient (Wildman–Crippen LogP) is 2.60. The highest BCUT2D eigenvalue weighted by atomic mass is 32.1. The van der Waals surface area contributed by atoms with Crippen molar-refractivity contribution in [2.24, 2.45) is 0 Å². The van der Waals surface area contributed by atoms with Crippen LogP contribution in [0.25, 0.3) is 0 Å². The van der Waals surface area contributed by atoms with Crippen LogP contribution in [-0.2, 0) is 6.42 Å². The number of rotatable bonds is 7. The number of thiophene rings is 1. The van der Waals surface area contributed by atoms with Gasteiger partial charge in [-0.05, 0) is 49.7 Å². The molecule has 0 aliphatic heterocycles. The third kappa shape index (κ3) is 5.58. The molecule has 23 heavy (non-hydrogen) atoms. The molecule has 0 radical (unpaired) electrons. The van der Waals surface area contributed by atoms with Crippen LogP contribution in [0.3, 0.4) is 0 Å². The Balaban J connectivity index is 1.74. The summed E-state index contributed by atoms with van der Waals surface area (Å²) in [5, 5.41) is 17.2. The molecule has 0 saturated carbocycles. The first-order chi connectivity index (χ1) is 11.1. The van der Waals surface area contributed by atoms with Crippen molar-refractivity contribution in [1.82, 2.24) is 15.5 Å². The second kappa shape index (κ2) is 8.55. The molecule has 2 amide bonds. The summed E-state index contributed by atoms with van der Waals surface area (Å²) in [6.45, 7) is 1.09. The van der Waals surface area contributed by atoms with Crippen LogP contribution in [0.15, 0.2) is 41.8 Å². The zero-order valence-electron chi connectivity index (χ0n) is 13.5. The maximum Gasteiger partial charge on any atom is 0.314 e. The van der Waals surface area contributed by atoms with Gasteiger partial charge in [-0.15, -0.1) is 11.3 Å². The molecule has 1 unspecified atom stereocenters. The number of nitrogens with one attached hydrogen (secondary N) is 2. The zero-order chi connectivity index (χ0) is 16.7. The van der Waals surface area contributed by atoms with Gasteiger partial charge >= 0.3 is 6.03 Å². The summed E-state index contributed by atoms with van der Waals surface area (Å²) in [6.07, 6.45) is 0.684. The standard InChI is InChI=1S/C17H23N3O2S/c1-20(2)15(16-7-4-10-23-16)12-19-17(22)18-9-8-13-5-3-6-14(21)11-13/h3-7,10-11,15,21H,8-9,12H2,1-2H3,(H2,18,19,22). The molecule has 1 aromatic heterocycles. The molecule has 0 fully saturated rings. The quantitative estimate of drug-likeness (QED) is 0.730. The fraction of sp³-hybridized carbons (Fsp3) is 0.353. The van der Waals surface area contributed by atoms with Gasteiger partial charge < -0.3 is 20.6 Å². The van der Waals surface area contributed by atoms with Gasteiger partial charge in [0, 0.05) is 18.0 Å². The molecule has 1 aromatic carbocycles. The van der Waals surface area contributed by atoms with E-state index in [9.17, 15) is 9.90 Å². The van der Waals surface area contributed by atoms with Crippen LogP contribution in [0.4, 0.5) is 4.79 Å². The third-order valence-corrected chi connectivity index (χ3v) is 4.53. The van der Waals surface area contributed by atoms with Crippen LogP contribution in [0.1, 0.15) is 16.5 Å². The number of hydrogen-bond donors (Lipinski definition) is 3. The SMILES string of the molecule is CN(C)C(CNC(=O)NCCc1cccc(O)c1)c1cccs1. The van der Waals surface area contributed by atoms with E-state index in [2.05, 4.69) is 21.6 Å². The average molecular weight is 333 g/mol. The van der Waals surface area contributed by atoms with Crippen LogP contribution in [-0.4, -0.2) is 43.2 Å². The van der Waals surface area contributed by atoms with E-state index in [4.69, 9.17) is 0 Å². The van der Waals surface area contributed by atoms with Gasteiger partial charge in [0.15, 0.2) is 0 Å². The largest absolute Gasteiger partial charge is 0.508 e. The number of nitrogens with zero attached hydrogens (tertiary/aromatic N) is 1. The Morgan fingerprint density at radius 3 is 2.74 bits per heavy atom. The van der Waals surface area contributed by atoms with Crippen LogP contribution < -0.4 is 10.6 Å². The average Bonchev–Trinajstić information content (AvgIpc) is 3.01. The lowest BCUT2D eigenvalue weighted by Gasteiger charge is -2.23. The minimum Gasteiger partial charge on any atom is -0.508 e. The van der Waals surface area contributed by atoms with Gasteiger partial charge in [-0.3, -0.25) is 0 Å². The summed E-state index contributed by atoms with van der Waals surface area (Å²) < 4.78 is 0. The lowest BCUT2D eigenvalue weighted by atomic mass is 10.1. The molecule has 2 rings (SSSR count). The topological polar surface area (TPSA) is 64.6 Å². The van der Waals surface area contributed by atoms with Crippen LogP contribution in [0.2, 0.25) is 0 Å². The van der Waals surface area contributed by atoms with Gasteiger partial charge in [0.1, 0.15) is 5.75 Å². The van der Waals surface area contributed by atoms with E-state index < -0.39 is 0 Å².